The van der Waals surface area contributed by atoms with Crippen LogP contribution in [0.2, 0.25) is 0 Å². The zero-order valence-corrected chi connectivity index (χ0v) is 22.2. The average molecular weight is 516 g/mol. The first kappa shape index (κ1) is 26.8. The molecule has 0 aliphatic heterocycles. The van der Waals surface area contributed by atoms with Crippen LogP contribution in [0.5, 0.6) is 0 Å². The van der Waals surface area contributed by atoms with Gasteiger partial charge >= 0.3 is 0 Å². The van der Waals surface area contributed by atoms with Crippen LogP contribution in [0.4, 0.5) is 0 Å². The minimum Gasteiger partial charge on any atom is -0.359 e. The molecule has 4 aromatic rings. The van der Waals surface area contributed by atoms with Crippen molar-refractivity contribution in [3.63, 3.8) is 0 Å². The first-order valence-corrected chi connectivity index (χ1v) is 13.7. The minimum atomic E-state index is -4.01. The van der Waals surface area contributed by atoms with Crippen LogP contribution in [0.15, 0.2) is 108 Å². The molecule has 4 rings (SSSR count). The van der Waals surface area contributed by atoms with E-state index in [0.717, 1.165) is 33.4 Å². The second-order valence-corrected chi connectivity index (χ2v) is 11.0. The summed E-state index contributed by atoms with van der Waals surface area (Å²) in [6.45, 7) is 6.01. The van der Waals surface area contributed by atoms with Crippen molar-refractivity contribution < 1.29 is 17.3 Å². The van der Waals surface area contributed by atoms with E-state index >= 15 is 0 Å². The van der Waals surface area contributed by atoms with Gasteiger partial charge in [-0.3, -0.25) is 4.18 Å². The van der Waals surface area contributed by atoms with Crippen molar-refractivity contribution in [1.29, 1.82) is 0 Å². The predicted molar refractivity (Wildman–Crippen MR) is 147 cm³/mol. The van der Waals surface area contributed by atoms with Crippen molar-refractivity contribution in [2.45, 2.75) is 43.9 Å². The second kappa shape index (κ2) is 11.4. The number of rotatable bonds is 10. The van der Waals surface area contributed by atoms with E-state index in [1.165, 1.54) is 12.1 Å². The van der Waals surface area contributed by atoms with Crippen LogP contribution in [0.3, 0.4) is 0 Å². The molecule has 37 heavy (non-hydrogen) atoms. The van der Waals surface area contributed by atoms with Crippen molar-refractivity contribution in [1.82, 2.24) is 0 Å². The largest absolute Gasteiger partial charge is 0.359 e. The Morgan fingerprint density at radius 1 is 0.730 bits per heavy atom. The fraction of sp³-hybridized carbons (Fsp3) is 0.226. The summed E-state index contributed by atoms with van der Waals surface area (Å²) in [6, 6.07) is 31.3. The molecule has 1 atom stereocenters. The quantitative estimate of drug-likeness (QED) is 0.270. The Labute approximate surface area is 220 Å². The number of ether oxygens (including phenoxy) is 1. The minimum absolute atomic E-state index is 0.0893. The Morgan fingerprint density at radius 3 is 1.76 bits per heavy atom. The molecule has 0 saturated carbocycles. The summed E-state index contributed by atoms with van der Waals surface area (Å²) in [6.07, 6.45) is 0. The number of hydrogen-bond acceptors (Lipinski definition) is 5. The second-order valence-electron chi connectivity index (χ2n) is 9.41. The molecule has 2 N–H and O–H groups in total. The predicted octanol–water partition coefficient (Wildman–Crippen LogP) is 5.81. The summed E-state index contributed by atoms with van der Waals surface area (Å²) in [5.41, 5.74) is 11.5. The van der Waals surface area contributed by atoms with E-state index in [2.05, 4.69) is 18.2 Å². The third-order valence-corrected chi connectivity index (χ3v) is 7.68. The molecule has 0 saturated heterocycles. The van der Waals surface area contributed by atoms with Gasteiger partial charge in [0.25, 0.3) is 10.1 Å². The summed E-state index contributed by atoms with van der Waals surface area (Å²) in [5.74, 6) is 0. The lowest BCUT2D eigenvalue weighted by atomic mass is 9.80. The molecule has 0 heterocycles. The van der Waals surface area contributed by atoms with Crippen molar-refractivity contribution in [2.75, 3.05) is 6.61 Å². The average Bonchev–Trinajstić information content (AvgIpc) is 2.89. The van der Waals surface area contributed by atoms with E-state index in [4.69, 9.17) is 14.7 Å². The zero-order chi connectivity index (χ0) is 26.5. The Morgan fingerprint density at radius 2 is 1.24 bits per heavy atom. The van der Waals surface area contributed by atoms with Gasteiger partial charge < -0.3 is 10.5 Å². The summed E-state index contributed by atoms with van der Waals surface area (Å²) in [5, 5.41) is 0. The highest BCUT2D eigenvalue weighted by molar-refractivity contribution is 7.86. The SMILES string of the molecule is Cc1ccc(S(=O)(=O)OCC(N)C(OCc2cc(C)cc(C)c2)(c2ccccc2)c2ccccc2)cc1. The highest BCUT2D eigenvalue weighted by atomic mass is 32.2. The maximum absolute atomic E-state index is 13.0. The van der Waals surface area contributed by atoms with Crippen molar-refractivity contribution in [3.05, 3.63) is 137 Å². The topological polar surface area (TPSA) is 78.6 Å². The van der Waals surface area contributed by atoms with E-state index in [1.54, 1.807) is 12.1 Å². The standard InChI is InChI=1S/C31H33NO4S/c1-23-14-16-29(17-15-23)37(33,34)36-22-30(32)31(27-10-6-4-7-11-27,28-12-8-5-9-13-28)35-21-26-19-24(2)18-25(3)20-26/h4-20,30H,21-22,32H2,1-3H3. The molecular weight excluding hydrogens is 482 g/mol. The zero-order valence-electron chi connectivity index (χ0n) is 21.4. The number of benzene rings is 4. The van der Waals surface area contributed by atoms with Gasteiger partial charge in [0.2, 0.25) is 0 Å². The van der Waals surface area contributed by atoms with E-state index in [1.807, 2.05) is 81.4 Å². The Hall–Kier alpha value is -3.29. The van der Waals surface area contributed by atoms with Crippen LogP contribution >= 0.6 is 0 Å². The maximum Gasteiger partial charge on any atom is 0.297 e. The lowest BCUT2D eigenvalue weighted by molar-refractivity contribution is -0.0566. The van der Waals surface area contributed by atoms with Crippen LogP contribution in [0.1, 0.15) is 33.4 Å². The molecule has 0 spiro atoms. The third kappa shape index (κ3) is 6.17. The molecule has 1 unspecified atom stereocenters. The van der Waals surface area contributed by atoms with Gasteiger partial charge in [-0.15, -0.1) is 0 Å². The molecule has 0 radical (unpaired) electrons. The molecule has 0 bridgehead atoms. The van der Waals surface area contributed by atoms with E-state index < -0.39 is 21.8 Å². The summed E-state index contributed by atoms with van der Waals surface area (Å²) in [7, 11) is -4.01. The van der Waals surface area contributed by atoms with E-state index in [0.29, 0.717) is 0 Å². The van der Waals surface area contributed by atoms with Crippen LogP contribution < -0.4 is 5.73 Å². The van der Waals surface area contributed by atoms with Gasteiger partial charge in [0, 0.05) is 0 Å². The Kier molecular flexibility index (Phi) is 8.25. The highest BCUT2D eigenvalue weighted by Gasteiger charge is 2.42. The van der Waals surface area contributed by atoms with Crippen molar-refractivity contribution in [3.8, 4) is 0 Å². The molecule has 0 amide bonds. The molecule has 0 fully saturated rings. The summed E-state index contributed by atoms with van der Waals surface area (Å²) < 4.78 is 38.2. The van der Waals surface area contributed by atoms with Crippen LogP contribution in [0, 0.1) is 20.8 Å². The Bertz CT molecular complexity index is 1360. The molecule has 4 aromatic carbocycles. The normalized spacial score (nSPS) is 12.9. The third-order valence-electron chi connectivity index (χ3n) is 6.39. The number of aryl methyl sites for hydroxylation is 3. The molecule has 192 valence electrons. The monoisotopic (exact) mass is 515 g/mol. The number of nitrogens with two attached hydrogens (primary N) is 1. The Balaban J connectivity index is 1.73. The fourth-order valence-electron chi connectivity index (χ4n) is 4.64. The van der Waals surface area contributed by atoms with Gasteiger partial charge in [-0.25, -0.2) is 0 Å². The van der Waals surface area contributed by atoms with E-state index in [-0.39, 0.29) is 18.1 Å². The molecule has 0 aromatic heterocycles. The van der Waals surface area contributed by atoms with Crippen LogP contribution in [-0.4, -0.2) is 21.1 Å². The molecule has 0 aliphatic carbocycles. The molecular formula is C31H33NO4S. The lowest BCUT2D eigenvalue weighted by Gasteiger charge is -2.40. The van der Waals surface area contributed by atoms with Crippen LogP contribution in [-0.2, 0) is 31.2 Å². The van der Waals surface area contributed by atoms with Crippen LogP contribution in [0.25, 0.3) is 0 Å². The summed E-state index contributed by atoms with van der Waals surface area (Å²) in [4.78, 5) is 0.0893. The van der Waals surface area contributed by atoms with Gasteiger partial charge in [0.1, 0.15) is 5.60 Å². The van der Waals surface area contributed by atoms with Gasteiger partial charge in [0.15, 0.2) is 0 Å². The van der Waals surface area contributed by atoms with Gasteiger partial charge in [-0.1, -0.05) is 108 Å². The smallest absolute Gasteiger partial charge is 0.297 e. The molecule has 5 nitrogen and oxygen atoms in total. The fourth-order valence-corrected chi connectivity index (χ4v) is 5.57. The summed E-state index contributed by atoms with van der Waals surface area (Å²) >= 11 is 0. The first-order chi connectivity index (χ1) is 17.7. The highest BCUT2D eigenvalue weighted by Crippen LogP contribution is 2.38. The van der Waals surface area contributed by atoms with Crippen molar-refractivity contribution in [2.24, 2.45) is 5.73 Å². The van der Waals surface area contributed by atoms with Gasteiger partial charge in [-0.2, -0.15) is 8.42 Å². The first-order valence-electron chi connectivity index (χ1n) is 12.2. The molecule has 0 aliphatic rings. The van der Waals surface area contributed by atoms with Crippen molar-refractivity contribution >= 4 is 10.1 Å². The van der Waals surface area contributed by atoms with E-state index in [9.17, 15) is 8.42 Å². The number of hydrogen-bond donors (Lipinski definition) is 1. The van der Waals surface area contributed by atoms with Gasteiger partial charge in [0.05, 0.1) is 24.2 Å². The van der Waals surface area contributed by atoms with Gasteiger partial charge in [-0.05, 0) is 49.6 Å². The lowest BCUT2D eigenvalue weighted by Crippen LogP contribution is -2.51. The molecule has 6 heteroatoms. The maximum atomic E-state index is 13.0.